The number of aryl methyl sites for hydroxylation is 1. The highest BCUT2D eigenvalue weighted by atomic mass is 32.1. The lowest BCUT2D eigenvalue weighted by molar-refractivity contribution is 0.101. The number of hydrogen-bond donors (Lipinski definition) is 1. The van der Waals surface area contributed by atoms with Gasteiger partial charge >= 0.3 is 0 Å². The van der Waals surface area contributed by atoms with E-state index in [0.717, 1.165) is 29.2 Å². The Bertz CT molecular complexity index is 764. The molecule has 1 aromatic carbocycles. The van der Waals surface area contributed by atoms with E-state index in [1.807, 2.05) is 25.1 Å². The molecule has 0 bridgehead atoms. The molecule has 0 spiro atoms. The van der Waals surface area contributed by atoms with Gasteiger partial charge in [0.05, 0.1) is 15.9 Å². The highest BCUT2D eigenvalue weighted by Crippen LogP contribution is 2.31. The zero-order valence-corrected chi connectivity index (χ0v) is 13.0. The summed E-state index contributed by atoms with van der Waals surface area (Å²) in [5, 5.41) is 4.48. The molecule has 0 atom stereocenters. The van der Waals surface area contributed by atoms with Gasteiger partial charge in [0, 0.05) is 31.3 Å². The van der Waals surface area contributed by atoms with Gasteiger partial charge in [0.25, 0.3) is 0 Å². The van der Waals surface area contributed by atoms with E-state index >= 15 is 0 Å². The van der Waals surface area contributed by atoms with E-state index in [2.05, 4.69) is 26.3 Å². The first kappa shape index (κ1) is 13.5. The molecule has 1 aliphatic rings. The third kappa shape index (κ3) is 2.62. The highest BCUT2D eigenvalue weighted by Gasteiger charge is 2.32. The second-order valence-electron chi connectivity index (χ2n) is 5.49. The van der Waals surface area contributed by atoms with Crippen LogP contribution >= 0.6 is 11.3 Å². The van der Waals surface area contributed by atoms with Gasteiger partial charge in [-0.25, -0.2) is 9.97 Å². The standard InChI is InChI=1S/C16H16N4OS/c1-10-15(18-7-6-17-10)21-12-8-11(9-12)19-16-20-13-4-2-3-5-14(13)22-16/h2-7,11-12H,8-9H2,1H3,(H,19,20). The predicted octanol–water partition coefficient (Wildman–Crippen LogP) is 3.42. The molecule has 0 radical (unpaired) electrons. The number of thiazole rings is 1. The van der Waals surface area contributed by atoms with Crippen LogP contribution in [-0.2, 0) is 0 Å². The summed E-state index contributed by atoms with van der Waals surface area (Å²) >= 11 is 1.70. The Kier molecular flexibility index (Phi) is 3.38. The van der Waals surface area contributed by atoms with Gasteiger partial charge in [-0.3, -0.25) is 4.98 Å². The van der Waals surface area contributed by atoms with Gasteiger partial charge in [0.15, 0.2) is 5.13 Å². The molecule has 4 rings (SSSR count). The van der Waals surface area contributed by atoms with Crippen LogP contribution in [0, 0.1) is 6.92 Å². The lowest BCUT2D eigenvalue weighted by atomic mass is 9.89. The number of aromatic nitrogens is 3. The molecule has 0 aliphatic heterocycles. The molecular weight excluding hydrogens is 296 g/mol. The van der Waals surface area contributed by atoms with Gasteiger partial charge in [-0.05, 0) is 19.1 Å². The van der Waals surface area contributed by atoms with Crippen molar-refractivity contribution in [1.82, 2.24) is 15.0 Å². The lowest BCUT2D eigenvalue weighted by Gasteiger charge is -2.35. The summed E-state index contributed by atoms with van der Waals surface area (Å²) in [6.07, 6.45) is 5.48. The zero-order chi connectivity index (χ0) is 14.9. The van der Waals surface area contributed by atoms with Crippen LogP contribution in [0.5, 0.6) is 5.88 Å². The van der Waals surface area contributed by atoms with E-state index in [1.165, 1.54) is 4.70 Å². The first-order valence-corrected chi connectivity index (χ1v) is 8.16. The molecule has 3 aromatic rings. The number of fused-ring (bicyclic) bond motifs is 1. The van der Waals surface area contributed by atoms with Crippen molar-refractivity contribution in [3.05, 3.63) is 42.4 Å². The summed E-state index contributed by atoms with van der Waals surface area (Å²) in [5.41, 5.74) is 1.89. The third-order valence-electron chi connectivity index (χ3n) is 3.83. The van der Waals surface area contributed by atoms with Gasteiger partial charge in [-0.1, -0.05) is 23.5 Å². The van der Waals surface area contributed by atoms with Crippen molar-refractivity contribution in [1.29, 1.82) is 0 Å². The first-order chi connectivity index (χ1) is 10.8. The molecule has 22 heavy (non-hydrogen) atoms. The quantitative estimate of drug-likeness (QED) is 0.800. The number of ether oxygens (including phenoxy) is 1. The van der Waals surface area contributed by atoms with Crippen LogP contribution in [0.4, 0.5) is 5.13 Å². The van der Waals surface area contributed by atoms with E-state index in [9.17, 15) is 0 Å². The Hall–Kier alpha value is -2.21. The monoisotopic (exact) mass is 312 g/mol. The van der Waals surface area contributed by atoms with Gasteiger partial charge in [0.2, 0.25) is 5.88 Å². The minimum atomic E-state index is 0.210. The summed E-state index contributed by atoms with van der Waals surface area (Å²) in [6.45, 7) is 1.91. The SMILES string of the molecule is Cc1nccnc1OC1CC(Nc2nc3ccccc3s2)C1. The fraction of sp³-hybridized carbons (Fsp3) is 0.312. The van der Waals surface area contributed by atoms with Crippen LogP contribution in [0.25, 0.3) is 10.2 Å². The minimum Gasteiger partial charge on any atom is -0.473 e. The Labute approximate surface area is 132 Å². The average molecular weight is 312 g/mol. The second-order valence-corrected chi connectivity index (χ2v) is 6.52. The van der Waals surface area contributed by atoms with Crippen LogP contribution in [0.3, 0.4) is 0 Å². The number of rotatable bonds is 4. The normalized spacial score (nSPS) is 20.6. The molecular formula is C16H16N4OS. The van der Waals surface area contributed by atoms with E-state index < -0.39 is 0 Å². The summed E-state index contributed by atoms with van der Waals surface area (Å²) in [4.78, 5) is 13.0. The summed E-state index contributed by atoms with van der Waals surface area (Å²) < 4.78 is 7.09. The largest absolute Gasteiger partial charge is 0.473 e. The third-order valence-corrected chi connectivity index (χ3v) is 4.80. The molecule has 1 aliphatic carbocycles. The molecule has 1 fully saturated rings. The molecule has 2 aromatic heterocycles. The van der Waals surface area contributed by atoms with E-state index in [4.69, 9.17) is 4.74 Å². The number of para-hydroxylation sites is 1. The predicted molar refractivity (Wildman–Crippen MR) is 87.4 cm³/mol. The van der Waals surface area contributed by atoms with Gasteiger partial charge < -0.3 is 10.1 Å². The van der Waals surface area contributed by atoms with Crippen molar-refractivity contribution in [2.45, 2.75) is 31.9 Å². The Balaban J connectivity index is 1.35. The summed E-state index contributed by atoms with van der Waals surface area (Å²) in [5.74, 6) is 0.644. The number of nitrogens with zero attached hydrogens (tertiary/aromatic N) is 3. The van der Waals surface area contributed by atoms with E-state index in [-0.39, 0.29) is 6.10 Å². The van der Waals surface area contributed by atoms with Crippen molar-refractivity contribution in [3.8, 4) is 5.88 Å². The van der Waals surface area contributed by atoms with E-state index in [0.29, 0.717) is 11.9 Å². The molecule has 1 saturated carbocycles. The van der Waals surface area contributed by atoms with Crippen LogP contribution in [0.2, 0.25) is 0 Å². The molecule has 1 N–H and O–H groups in total. The van der Waals surface area contributed by atoms with Crippen molar-refractivity contribution in [2.24, 2.45) is 0 Å². The molecule has 6 heteroatoms. The number of benzene rings is 1. The van der Waals surface area contributed by atoms with Gasteiger partial charge in [-0.2, -0.15) is 0 Å². The van der Waals surface area contributed by atoms with Gasteiger partial charge in [-0.15, -0.1) is 0 Å². The molecule has 5 nitrogen and oxygen atoms in total. The maximum atomic E-state index is 5.88. The maximum absolute atomic E-state index is 5.88. The smallest absolute Gasteiger partial charge is 0.235 e. The lowest BCUT2D eigenvalue weighted by Crippen LogP contribution is -2.42. The Morgan fingerprint density at radius 1 is 1.18 bits per heavy atom. The van der Waals surface area contributed by atoms with Crippen molar-refractivity contribution < 1.29 is 4.74 Å². The van der Waals surface area contributed by atoms with Crippen LogP contribution in [0.1, 0.15) is 18.5 Å². The maximum Gasteiger partial charge on any atom is 0.235 e. The number of nitrogens with one attached hydrogen (secondary N) is 1. The fourth-order valence-corrected chi connectivity index (χ4v) is 3.50. The number of anilines is 1. The second kappa shape index (κ2) is 5.53. The topological polar surface area (TPSA) is 59.9 Å². The van der Waals surface area contributed by atoms with Crippen LogP contribution < -0.4 is 10.1 Å². The molecule has 0 amide bonds. The fourth-order valence-electron chi connectivity index (χ4n) is 2.56. The van der Waals surface area contributed by atoms with Crippen molar-refractivity contribution in [3.63, 3.8) is 0 Å². The van der Waals surface area contributed by atoms with Crippen molar-refractivity contribution >= 4 is 26.7 Å². The highest BCUT2D eigenvalue weighted by molar-refractivity contribution is 7.22. The molecule has 0 saturated heterocycles. The molecule has 2 heterocycles. The zero-order valence-electron chi connectivity index (χ0n) is 12.2. The molecule has 112 valence electrons. The Morgan fingerprint density at radius 3 is 2.82 bits per heavy atom. The average Bonchev–Trinajstić information content (AvgIpc) is 2.89. The number of hydrogen-bond acceptors (Lipinski definition) is 6. The Morgan fingerprint density at radius 2 is 2.00 bits per heavy atom. The summed E-state index contributed by atoms with van der Waals surface area (Å²) in [7, 11) is 0. The summed E-state index contributed by atoms with van der Waals surface area (Å²) in [6, 6.07) is 8.62. The van der Waals surface area contributed by atoms with Crippen molar-refractivity contribution in [2.75, 3.05) is 5.32 Å². The van der Waals surface area contributed by atoms with Gasteiger partial charge in [0.1, 0.15) is 6.10 Å². The first-order valence-electron chi connectivity index (χ1n) is 7.34. The minimum absolute atomic E-state index is 0.210. The van der Waals surface area contributed by atoms with E-state index in [1.54, 1.807) is 23.7 Å². The van der Waals surface area contributed by atoms with Crippen LogP contribution in [-0.4, -0.2) is 27.1 Å². The molecule has 0 unspecified atom stereocenters. The van der Waals surface area contributed by atoms with Crippen LogP contribution in [0.15, 0.2) is 36.7 Å².